The first-order valence-corrected chi connectivity index (χ1v) is 15.1. The predicted octanol–water partition coefficient (Wildman–Crippen LogP) is 4.18. The van der Waals surface area contributed by atoms with E-state index in [1.165, 1.54) is 12.0 Å². The molecule has 8 nitrogen and oxygen atoms in total. The number of hydrogen-bond donors (Lipinski definition) is 1. The number of anilines is 1. The predicted molar refractivity (Wildman–Crippen MR) is 159 cm³/mol. The minimum absolute atomic E-state index is 0.136. The van der Waals surface area contributed by atoms with E-state index in [2.05, 4.69) is 5.32 Å². The van der Waals surface area contributed by atoms with E-state index in [0.29, 0.717) is 12.3 Å². The molecule has 1 atom stereocenters. The van der Waals surface area contributed by atoms with Gasteiger partial charge in [-0.25, -0.2) is 8.42 Å². The number of amides is 2. The summed E-state index contributed by atoms with van der Waals surface area (Å²) in [7, 11) is -2.44. The molecule has 0 bridgehead atoms. The molecule has 1 unspecified atom stereocenters. The molecule has 214 valence electrons. The molecule has 0 heterocycles. The van der Waals surface area contributed by atoms with Crippen molar-refractivity contribution >= 4 is 27.5 Å². The van der Waals surface area contributed by atoms with Gasteiger partial charge in [0.05, 0.1) is 19.1 Å². The molecule has 3 aromatic carbocycles. The van der Waals surface area contributed by atoms with Crippen molar-refractivity contribution < 1.29 is 22.7 Å². The van der Waals surface area contributed by atoms with Crippen LogP contribution in [0.1, 0.15) is 30.5 Å². The first-order valence-electron chi connectivity index (χ1n) is 13.3. The SMILES string of the molecule is COc1ccccc1N(CC(=O)N(Cc1cccc(C)c1)C(Cc1ccccc1)C(=O)NCC(C)C)S(C)(=O)=O. The molecule has 0 aliphatic rings. The van der Waals surface area contributed by atoms with E-state index in [-0.39, 0.29) is 30.5 Å². The number of methoxy groups -OCH3 is 1. The van der Waals surface area contributed by atoms with E-state index < -0.39 is 28.5 Å². The molecule has 3 aromatic rings. The Kier molecular flexibility index (Phi) is 10.7. The van der Waals surface area contributed by atoms with Gasteiger partial charge in [0.15, 0.2) is 0 Å². The lowest BCUT2D eigenvalue weighted by molar-refractivity contribution is -0.140. The van der Waals surface area contributed by atoms with Crippen LogP contribution in [0.3, 0.4) is 0 Å². The smallest absolute Gasteiger partial charge is 0.244 e. The first kappa shape index (κ1) is 30.7. The van der Waals surface area contributed by atoms with Crippen molar-refractivity contribution in [3.8, 4) is 5.75 Å². The first-order chi connectivity index (χ1) is 19.0. The Morgan fingerprint density at radius 1 is 0.925 bits per heavy atom. The second kappa shape index (κ2) is 14.0. The van der Waals surface area contributed by atoms with E-state index in [0.717, 1.165) is 27.3 Å². The molecular weight excluding hydrogens is 526 g/mol. The van der Waals surface area contributed by atoms with Crippen molar-refractivity contribution in [1.82, 2.24) is 10.2 Å². The Hall–Kier alpha value is -3.85. The van der Waals surface area contributed by atoms with Crippen LogP contribution in [0.4, 0.5) is 5.69 Å². The van der Waals surface area contributed by atoms with Crippen molar-refractivity contribution in [3.63, 3.8) is 0 Å². The summed E-state index contributed by atoms with van der Waals surface area (Å²) in [4.78, 5) is 29.3. The normalized spacial score (nSPS) is 12.1. The van der Waals surface area contributed by atoms with E-state index in [1.54, 1.807) is 24.3 Å². The summed E-state index contributed by atoms with van der Waals surface area (Å²) in [5.74, 6) is -0.254. The number of carbonyl (C=O) groups is 2. The molecule has 0 saturated heterocycles. The Bertz CT molecular complexity index is 1390. The summed E-state index contributed by atoms with van der Waals surface area (Å²) in [5.41, 5.74) is 2.99. The molecule has 0 aliphatic heterocycles. The van der Waals surface area contributed by atoms with Crippen LogP contribution in [0.25, 0.3) is 0 Å². The fourth-order valence-corrected chi connectivity index (χ4v) is 5.27. The van der Waals surface area contributed by atoms with Crippen molar-refractivity contribution in [2.45, 2.75) is 39.8 Å². The van der Waals surface area contributed by atoms with Gasteiger partial charge >= 0.3 is 0 Å². The maximum atomic E-state index is 14.1. The van der Waals surface area contributed by atoms with Gasteiger partial charge in [-0.15, -0.1) is 0 Å². The summed E-state index contributed by atoms with van der Waals surface area (Å²) in [5, 5.41) is 2.98. The molecule has 3 rings (SSSR count). The fourth-order valence-electron chi connectivity index (χ4n) is 4.41. The number of benzene rings is 3. The lowest BCUT2D eigenvalue weighted by Gasteiger charge is -2.34. The number of sulfonamides is 1. The van der Waals surface area contributed by atoms with Gasteiger partial charge in [0.1, 0.15) is 18.3 Å². The molecule has 0 radical (unpaired) electrons. The van der Waals surface area contributed by atoms with Crippen LogP contribution in [0.2, 0.25) is 0 Å². The second-order valence-electron chi connectivity index (χ2n) is 10.3. The highest BCUT2D eigenvalue weighted by Gasteiger charge is 2.33. The average Bonchev–Trinajstić information content (AvgIpc) is 2.92. The molecule has 0 aromatic heterocycles. The van der Waals surface area contributed by atoms with Crippen LogP contribution in [0.15, 0.2) is 78.9 Å². The van der Waals surface area contributed by atoms with Crippen LogP contribution in [-0.2, 0) is 32.6 Å². The molecule has 0 aliphatic carbocycles. The molecule has 0 fully saturated rings. The van der Waals surface area contributed by atoms with Gasteiger partial charge in [0, 0.05) is 19.5 Å². The lowest BCUT2D eigenvalue weighted by atomic mass is 10.0. The van der Waals surface area contributed by atoms with Gasteiger partial charge in [0.25, 0.3) is 0 Å². The van der Waals surface area contributed by atoms with Crippen molar-refractivity contribution in [3.05, 3.63) is 95.6 Å². The van der Waals surface area contributed by atoms with Gasteiger partial charge in [-0.3, -0.25) is 13.9 Å². The second-order valence-corrected chi connectivity index (χ2v) is 12.2. The molecular formula is C31H39N3O5S. The third kappa shape index (κ3) is 8.58. The number of para-hydroxylation sites is 2. The molecule has 0 spiro atoms. The summed E-state index contributed by atoms with van der Waals surface area (Å²) >= 11 is 0. The Morgan fingerprint density at radius 2 is 1.57 bits per heavy atom. The number of carbonyl (C=O) groups excluding carboxylic acids is 2. The van der Waals surface area contributed by atoms with Gasteiger partial charge in [-0.1, -0.05) is 86.1 Å². The highest BCUT2D eigenvalue weighted by atomic mass is 32.2. The Morgan fingerprint density at radius 3 is 2.20 bits per heavy atom. The van der Waals surface area contributed by atoms with Crippen molar-refractivity contribution in [1.29, 1.82) is 0 Å². The molecule has 0 saturated carbocycles. The summed E-state index contributed by atoms with van der Waals surface area (Å²) < 4.78 is 32.3. The van der Waals surface area contributed by atoms with E-state index >= 15 is 0 Å². The lowest BCUT2D eigenvalue weighted by Crippen LogP contribution is -2.53. The van der Waals surface area contributed by atoms with Gasteiger partial charge in [0.2, 0.25) is 21.8 Å². The zero-order valence-electron chi connectivity index (χ0n) is 23.8. The third-order valence-corrected chi connectivity index (χ3v) is 7.55. The monoisotopic (exact) mass is 565 g/mol. The van der Waals surface area contributed by atoms with E-state index in [9.17, 15) is 18.0 Å². The Labute approximate surface area is 238 Å². The summed E-state index contributed by atoms with van der Waals surface area (Å²) in [6.07, 6.45) is 1.32. The zero-order valence-corrected chi connectivity index (χ0v) is 24.6. The maximum Gasteiger partial charge on any atom is 0.244 e. The summed E-state index contributed by atoms with van der Waals surface area (Å²) in [6, 6.07) is 23.0. The zero-order chi connectivity index (χ0) is 29.3. The summed E-state index contributed by atoms with van der Waals surface area (Å²) in [6.45, 7) is 6.05. The maximum absolute atomic E-state index is 14.1. The topological polar surface area (TPSA) is 96.0 Å². The minimum atomic E-state index is -3.88. The number of hydrogen-bond acceptors (Lipinski definition) is 5. The number of nitrogens with zero attached hydrogens (tertiary/aromatic N) is 2. The van der Waals surface area contributed by atoms with Crippen molar-refractivity contribution in [2.24, 2.45) is 5.92 Å². The number of ether oxygens (including phenoxy) is 1. The van der Waals surface area contributed by atoms with Gasteiger partial charge in [-0.05, 0) is 36.1 Å². The van der Waals surface area contributed by atoms with E-state index in [4.69, 9.17) is 4.74 Å². The average molecular weight is 566 g/mol. The minimum Gasteiger partial charge on any atom is -0.495 e. The van der Waals surface area contributed by atoms with Gasteiger partial charge < -0.3 is 15.0 Å². The Balaban J connectivity index is 2.07. The fraction of sp³-hybridized carbons (Fsp3) is 0.355. The standard InChI is InChI=1S/C31H39N3O5S/c1-23(2)20-32-31(36)28(19-25-13-7-6-8-14-25)33(21-26-15-11-12-24(3)18-26)30(35)22-34(40(5,37)38)27-16-9-10-17-29(27)39-4/h6-18,23,28H,19-22H2,1-5H3,(H,32,36). The highest BCUT2D eigenvalue weighted by Crippen LogP contribution is 2.30. The molecule has 40 heavy (non-hydrogen) atoms. The van der Waals surface area contributed by atoms with Crippen LogP contribution in [0, 0.1) is 12.8 Å². The number of rotatable bonds is 13. The molecule has 1 N–H and O–H groups in total. The van der Waals surface area contributed by atoms with Crippen LogP contribution < -0.4 is 14.4 Å². The van der Waals surface area contributed by atoms with Crippen LogP contribution in [-0.4, -0.2) is 57.6 Å². The van der Waals surface area contributed by atoms with E-state index in [1.807, 2.05) is 75.4 Å². The van der Waals surface area contributed by atoms with Crippen LogP contribution in [0.5, 0.6) is 5.75 Å². The quantitative estimate of drug-likeness (QED) is 0.336. The molecule has 9 heteroatoms. The number of nitrogens with one attached hydrogen (secondary N) is 1. The highest BCUT2D eigenvalue weighted by molar-refractivity contribution is 7.92. The largest absolute Gasteiger partial charge is 0.495 e. The number of aryl methyl sites for hydroxylation is 1. The van der Waals surface area contributed by atoms with Crippen molar-refractivity contribution in [2.75, 3.05) is 30.8 Å². The van der Waals surface area contributed by atoms with Gasteiger partial charge in [-0.2, -0.15) is 0 Å². The molecule has 2 amide bonds. The third-order valence-electron chi connectivity index (χ3n) is 6.42. The van der Waals surface area contributed by atoms with Crippen LogP contribution >= 0.6 is 0 Å².